The summed E-state index contributed by atoms with van der Waals surface area (Å²) in [5.74, 6) is 0. The third-order valence-corrected chi connectivity index (χ3v) is 7.48. The van der Waals surface area contributed by atoms with Crippen LogP contribution in [-0.2, 0) is 26.5 Å². The predicted molar refractivity (Wildman–Crippen MR) is 96.8 cm³/mol. The van der Waals surface area contributed by atoms with Crippen molar-refractivity contribution in [2.75, 3.05) is 4.31 Å². The summed E-state index contributed by atoms with van der Waals surface area (Å²) in [7, 11) is -7.72. The van der Waals surface area contributed by atoms with E-state index in [1.165, 1.54) is 28.6 Å². The highest BCUT2D eigenvalue weighted by Crippen LogP contribution is 2.39. The van der Waals surface area contributed by atoms with Crippen molar-refractivity contribution in [2.24, 2.45) is 5.14 Å². The van der Waals surface area contributed by atoms with E-state index in [4.69, 9.17) is 16.7 Å². The van der Waals surface area contributed by atoms with Crippen molar-refractivity contribution in [3.05, 3.63) is 52.5 Å². The highest BCUT2D eigenvalue weighted by Gasteiger charge is 2.37. The number of benzene rings is 2. The van der Waals surface area contributed by atoms with Gasteiger partial charge in [0, 0.05) is 6.04 Å². The molecule has 6 nitrogen and oxygen atoms in total. The lowest BCUT2D eigenvalue weighted by molar-refractivity contribution is 0.584. The van der Waals surface area contributed by atoms with Crippen LogP contribution in [0.2, 0.25) is 5.02 Å². The molecule has 1 heterocycles. The van der Waals surface area contributed by atoms with Gasteiger partial charge in [0.1, 0.15) is 4.90 Å². The molecule has 0 fully saturated rings. The molecule has 0 saturated heterocycles. The van der Waals surface area contributed by atoms with Gasteiger partial charge in [-0.3, -0.25) is 4.31 Å². The molecular formula is C16H17ClN2O4S2. The van der Waals surface area contributed by atoms with Gasteiger partial charge in [-0.05, 0) is 61.7 Å². The van der Waals surface area contributed by atoms with Crippen molar-refractivity contribution in [1.29, 1.82) is 0 Å². The van der Waals surface area contributed by atoms with Gasteiger partial charge in [0.05, 0.1) is 15.6 Å². The predicted octanol–water partition coefficient (Wildman–Crippen LogP) is 2.44. The van der Waals surface area contributed by atoms with Gasteiger partial charge < -0.3 is 0 Å². The van der Waals surface area contributed by atoms with Crippen molar-refractivity contribution in [1.82, 2.24) is 0 Å². The molecule has 2 N–H and O–H groups in total. The Kier molecular flexibility index (Phi) is 4.35. The molecule has 0 bridgehead atoms. The highest BCUT2D eigenvalue weighted by molar-refractivity contribution is 7.93. The number of nitrogens with zero attached hydrogens (tertiary/aromatic N) is 1. The fourth-order valence-corrected chi connectivity index (χ4v) is 5.88. The maximum Gasteiger partial charge on any atom is 0.266 e. The van der Waals surface area contributed by atoms with Gasteiger partial charge in [-0.1, -0.05) is 17.7 Å². The first kappa shape index (κ1) is 18.2. The summed E-state index contributed by atoms with van der Waals surface area (Å²) in [6, 6.07) is 8.60. The Balaban J connectivity index is 2.13. The van der Waals surface area contributed by atoms with Crippen LogP contribution in [0.15, 0.2) is 46.2 Å². The summed E-state index contributed by atoms with van der Waals surface area (Å²) < 4.78 is 50.6. The minimum Gasteiger partial charge on any atom is -0.263 e. The minimum atomic E-state index is -3.88. The van der Waals surface area contributed by atoms with Crippen molar-refractivity contribution < 1.29 is 16.8 Å². The van der Waals surface area contributed by atoms with Crippen molar-refractivity contribution in [2.45, 2.75) is 36.1 Å². The number of rotatable bonds is 3. The fourth-order valence-electron chi connectivity index (χ4n) is 3.04. The summed E-state index contributed by atoms with van der Waals surface area (Å²) in [5.41, 5.74) is 1.92. The Morgan fingerprint density at radius 1 is 1.12 bits per heavy atom. The molecule has 1 aliphatic rings. The van der Waals surface area contributed by atoms with E-state index in [2.05, 4.69) is 0 Å². The van der Waals surface area contributed by atoms with Gasteiger partial charge in [-0.25, -0.2) is 22.0 Å². The van der Waals surface area contributed by atoms with Gasteiger partial charge in [-0.15, -0.1) is 0 Å². The van der Waals surface area contributed by atoms with E-state index < -0.39 is 20.0 Å². The Bertz CT molecular complexity index is 1070. The molecule has 1 aliphatic heterocycles. The van der Waals surface area contributed by atoms with Crippen LogP contribution in [-0.4, -0.2) is 22.9 Å². The molecule has 0 aromatic heterocycles. The standard InChI is InChI=1S/C16H17ClN2O4S2/c1-10-3-6-16(14(17)7-10)25(22,23)19-11(2)8-12-9-13(24(18,20)21)4-5-15(12)19/h3-7,9,11H,8H2,1-2H3,(H2,18,20,21). The quantitative estimate of drug-likeness (QED) is 0.855. The monoisotopic (exact) mass is 400 g/mol. The molecule has 0 aliphatic carbocycles. The second-order valence-corrected chi connectivity index (χ2v) is 9.88. The molecule has 0 radical (unpaired) electrons. The van der Waals surface area contributed by atoms with Crippen molar-refractivity contribution in [3.63, 3.8) is 0 Å². The summed E-state index contributed by atoms with van der Waals surface area (Å²) in [4.78, 5) is -0.0129. The van der Waals surface area contributed by atoms with Crippen LogP contribution in [0.25, 0.3) is 0 Å². The van der Waals surface area contributed by atoms with E-state index in [1.54, 1.807) is 19.1 Å². The normalized spacial score (nSPS) is 17.6. The average Bonchev–Trinajstić information content (AvgIpc) is 2.81. The van der Waals surface area contributed by atoms with E-state index in [0.29, 0.717) is 17.7 Å². The maximum atomic E-state index is 13.1. The minimum absolute atomic E-state index is 0.0231. The van der Waals surface area contributed by atoms with Crippen LogP contribution >= 0.6 is 11.6 Å². The van der Waals surface area contributed by atoms with E-state index in [-0.39, 0.29) is 20.9 Å². The second-order valence-electron chi connectivity index (χ2n) is 6.12. The van der Waals surface area contributed by atoms with Crippen LogP contribution in [0.5, 0.6) is 0 Å². The molecule has 1 unspecified atom stereocenters. The lowest BCUT2D eigenvalue weighted by Gasteiger charge is -2.25. The summed E-state index contributed by atoms with van der Waals surface area (Å²) in [6.45, 7) is 3.58. The lowest BCUT2D eigenvalue weighted by Crippen LogP contribution is -2.35. The number of primary sulfonamides is 1. The number of aryl methyl sites for hydroxylation is 1. The Hall–Kier alpha value is -1.61. The third-order valence-electron chi connectivity index (χ3n) is 4.16. The van der Waals surface area contributed by atoms with Crippen LogP contribution in [0, 0.1) is 6.92 Å². The Labute approximate surface area is 152 Å². The molecule has 0 saturated carbocycles. The summed E-state index contributed by atoms with van der Waals surface area (Å²) >= 11 is 6.15. The van der Waals surface area contributed by atoms with Gasteiger partial charge in [-0.2, -0.15) is 0 Å². The number of sulfonamides is 2. The summed E-state index contributed by atoms with van der Waals surface area (Å²) in [5, 5.41) is 5.31. The first-order chi connectivity index (χ1) is 11.5. The van der Waals surface area contributed by atoms with Crippen LogP contribution in [0.1, 0.15) is 18.1 Å². The SMILES string of the molecule is Cc1ccc(S(=O)(=O)N2c3ccc(S(N)(=O)=O)cc3CC2C)c(Cl)c1. The first-order valence-electron chi connectivity index (χ1n) is 7.48. The molecule has 0 spiro atoms. The second kappa shape index (κ2) is 5.98. The molecule has 134 valence electrons. The number of hydrogen-bond donors (Lipinski definition) is 1. The molecule has 2 aromatic carbocycles. The number of fused-ring (bicyclic) bond motifs is 1. The zero-order valence-electron chi connectivity index (χ0n) is 13.6. The maximum absolute atomic E-state index is 13.1. The van der Waals surface area contributed by atoms with E-state index >= 15 is 0 Å². The van der Waals surface area contributed by atoms with Gasteiger partial charge in [0.2, 0.25) is 10.0 Å². The molecule has 3 rings (SSSR count). The van der Waals surface area contributed by atoms with Crippen LogP contribution < -0.4 is 9.44 Å². The molecule has 1 atom stereocenters. The van der Waals surface area contributed by atoms with E-state index in [1.807, 2.05) is 6.92 Å². The molecule has 9 heteroatoms. The van der Waals surface area contributed by atoms with Gasteiger partial charge in [0.25, 0.3) is 10.0 Å². The first-order valence-corrected chi connectivity index (χ1v) is 10.8. The number of nitrogens with two attached hydrogens (primary N) is 1. The lowest BCUT2D eigenvalue weighted by atomic mass is 10.1. The third kappa shape index (κ3) is 3.15. The summed E-state index contributed by atoms with van der Waals surface area (Å²) in [6.07, 6.45) is 0.390. The van der Waals surface area contributed by atoms with Crippen molar-refractivity contribution >= 4 is 37.3 Å². The van der Waals surface area contributed by atoms with Crippen molar-refractivity contribution in [3.8, 4) is 0 Å². The van der Waals surface area contributed by atoms with Gasteiger partial charge >= 0.3 is 0 Å². The van der Waals surface area contributed by atoms with Crippen LogP contribution in [0.3, 0.4) is 0 Å². The molecule has 25 heavy (non-hydrogen) atoms. The largest absolute Gasteiger partial charge is 0.266 e. The highest BCUT2D eigenvalue weighted by atomic mass is 35.5. The van der Waals surface area contributed by atoms with E-state index in [9.17, 15) is 16.8 Å². The fraction of sp³-hybridized carbons (Fsp3) is 0.250. The van der Waals surface area contributed by atoms with Crippen LogP contribution in [0.4, 0.5) is 5.69 Å². The van der Waals surface area contributed by atoms with E-state index in [0.717, 1.165) is 5.56 Å². The number of anilines is 1. The number of hydrogen-bond acceptors (Lipinski definition) is 4. The topological polar surface area (TPSA) is 97.5 Å². The zero-order chi connectivity index (χ0) is 18.6. The van der Waals surface area contributed by atoms with Gasteiger partial charge in [0.15, 0.2) is 0 Å². The zero-order valence-corrected chi connectivity index (χ0v) is 16.0. The Morgan fingerprint density at radius 3 is 2.40 bits per heavy atom. The molecular weight excluding hydrogens is 384 g/mol. The molecule has 2 aromatic rings. The average molecular weight is 401 g/mol. The molecule has 0 amide bonds. The smallest absolute Gasteiger partial charge is 0.263 e. The number of halogens is 1. The Morgan fingerprint density at radius 2 is 1.80 bits per heavy atom.